The molecule has 104 valence electrons. The molecular weight excluding hydrogens is 246 g/mol. The van der Waals surface area contributed by atoms with Crippen molar-refractivity contribution >= 4 is 0 Å². The Bertz CT molecular complexity index is 593. The third kappa shape index (κ3) is 2.56. The maximum Gasteiger partial charge on any atom is 0.120 e. The maximum atomic E-state index is 9.97. The van der Waals surface area contributed by atoms with E-state index in [1.165, 1.54) is 24.0 Å². The first-order chi connectivity index (χ1) is 9.75. The molecule has 0 aromatic heterocycles. The van der Waals surface area contributed by atoms with Gasteiger partial charge in [-0.25, -0.2) is 0 Å². The van der Waals surface area contributed by atoms with Crippen molar-refractivity contribution in [1.82, 2.24) is 5.32 Å². The highest BCUT2D eigenvalue weighted by Crippen LogP contribution is 2.33. The van der Waals surface area contributed by atoms with E-state index in [0.717, 1.165) is 12.0 Å². The maximum absolute atomic E-state index is 9.97. The first-order valence-electron chi connectivity index (χ1n) is 7.37. The molecule has 0 radical (unpaired) electrons. The normalized spacial score (nSPS) is 19.4. The molecule has 0 bridgehead atoms. The lowest BCUT2D eigenvalue weighted by atomic mass is 9.87. The average Bonchev–Trinajstić information content (AvgIpc) is 2.48. The minimum Gasteiger partial charge on any atom is -0.508 e. The van der Waals surface area contributed by atoms with Crippen LogP contribution in [-0.4, -0.2) is 5.11 Å². The van der Waals surface area contributed by atoms with Gasteiger partial charge in [0.15, 0.2) is 0 Å². The fraction of sp³-hybridized carbons (Fsp3) is 0.333. The summed E-state index contributed by atoms with van der Waals surface area (Å²) >= 11 is 0. The number of nitrogens with one attached hydrogen (secondary N) is 1. The van der Waals surface area contributed by atoms with Crippen molar-refractivity contribution < 1.29 is 5.11 Å². The molecule has 2 N–H and O–H groups in total. The number of rotatable bonds is 3. The van der Waals surface area contributed by atoms with Gasteiger partial charge in [0.2, 0.25) is 0 Å². The van der Waals surface area contributed by atoms with Crippen LogP contribution in [0.3, 0.4) is 0 Å². The second-order valence-electron chi connectivity index (χ2n) is 5.59. The summed E-state index contributed by atoms with van der Waals surface area (Å²) < 4.78 is 0. The average molecular weight is 267 g/mol. The number of para-hydroxylation sites is 1. The van der Waals surface area contributed by atoms with E-state index < -0.39 is 0 Å². The molecule has 0 heterocycles. The topological polar surface area (TPSA) is 32.3 Å². The van der Waals surface area contributed by atoms with E-state index in [0.29, 0.717) is 11.8 Å². The van der Waals surface area contributed by atoms with E-state index in [1.807, 2.05) is 18.2 Å². The van der Waals surface area contributed by atoms with E-state index in [4.69, 9.17) is 0 Å². The van der Waals surface area contributed by atoms with Crippen molar-refractivity contribution in [2.45, 2.75) is 38.3 Å². The highest BCUT2D eigenvalue weighted by molar-refractivity contribution is 5.36. The van der Waals surface area contributed by atoms with E-state index in [-0.39, 0.29) is 6.04 Å². The molecule has 0 fully saturated rings. The molecule has 2 heteroatoms. The van der Waals surface area contributed by atoms with Crippen molar-refractivity contribution in [3.63, 3.8) is 0 Å². The third-order valence-electron chi connectivity index (χ3n) is 4.22. The molecule has 20 heavy (non-hydrogen) atoms. The predicted molar refractivity (Wildman–Crippen MR) is 81.8 cm³/mol. The second kappa shape index (κ2) is 5.68. The second-order valence-corrected chi connectivity index (χ2v) is 5.59. The van der Waals surface area contributed by atoms with E-state index in [2.05, 4.69) is 36.5 Å². The lowest BCUT2D eigenvalue weighted by molar-refractivity contribution is 0.400. The van der Waals surface area contributed by atoms with Gasteiger partial charge in [0.05, 0.1) is 0 Å². The Labute approximate surface area is 120 Å². The predicted octanol–water partition coefficient (Wildman–Crippen LogP) is 4.12. The quantitative estimate of drug-likeness (QED) is 0.876. The molecule has 2 atom stereocenters. The fourth-order valence-electron chi connectivity index (χ4n) is 3.17. The molecule has 1 aliphatic carbocycles. The van der Waals surface area contributed by atoms with Crippen LogP contribution in [0.5, 0.6) is 5.75 Å². The van der Waals surface area contributed by atoms with Crippen molar-refractivity contribution in [2.24, 2.45) is 0 Å². The van der Waals surface area contributed by atoms with Gasteiger partial charge in [-0.15, -0.1) is 0 Å². The zero-order chi connectivity index (χ0) is 13.9. The molecule has 2 aromatic carbocycles. The summed E-state index contributed by atoms with van der Waals surface area (Å²) in [7, 11) is 0. The largest absolute Gasteiger partial charge is 0.508 e. The Hall–Kier alpha value is -1.80. The molecular formula is C18H21NO. The van der Waals surface area contributed by atoms with Crippen LogP contribution in [0.4, 0.5) is 0 Å². The lowest BCUT2D eigenvalue weighted by Gasteiger charge is -2.29. The van der Waals surface area contributed by atoms with Gasteiger partial charge < -0.3 is 10.4 Å². The Morgan fingerprint density at radius 2 is 1.85 bits per heavy atom. The summed E-state index contributed by atoms with van der Waals surface area (Å²) in [5.41, 5.74) is 3.84. The molecule has 1 aliphatic rings. The van der Waals surface area contributed by atoms with Crippen molar-refractivity contribution in [2.75, 3.05) is 0 Å². The number of aryl methyl sites for hydroxylation is 1. The molecule has 0 amide bonds. The van der Waals surface area contributed by atoms with Gasteiger partial charge in [0, 0.05) is 17.6 Å². The number of hydrogen-bond donors (Lipinski definition) is 2. The monoisotopic (exact) mass is 267 g/mol. The summed E-state index contributed by atoms with van der Waals surface area (Å²) in [6.07, 6.45) is 3.57. The number of aromatic hydroxyl groups is 1. The van der Waals surface area contributed by atoms with Gasteiger partial charge in [0.1, 0.15) is 5.75 Å². The van der Waals surface area contributed by atoms with Gasteiger partial charge in [-0.2, -0.15) is 0 Å². The number of phenolic OH excluding ortho intramolecular Hbond substituents is 1. The zero-order valence-corrected chi connectivity index (χ0v) is 11.8. The van der Waals surface area contributed by atoms with Crippen LogP contribution in [0.1, 0.15) is 48.5 Å². The molecule has 2 nitrogen and oxygen atoms in total. The SMILES string of the molecule is CC(NC1CCCc2ccccc21)c1ccccc1O. The Morgan fingerprint density at radius 1 is 1.10 bits per heavy atom. The summed E-state index contributed by atoms with van der Waals surface area (Å²) in [4.78, 5) is 0. The first kappa shape index (κ1) is 13.2. The van der Waals surface area contributed by atoms with Gasteiger partial charge >= 0.3 is 0 Å². The Kier molecular flexibility index (Phi) is 3.75. The van der Waals surface area contributed by atoms with E-state index in [9.17, 15) is 5.11 Å². The Morgan fingerprint density at radius 3 is 2.70 bits per heavy atom. The highest BCUT2D eigenvalue weighted by atomic mass is 16.3. The van der Waals surface area contributed by atoms with E-state index in [1.54, 1.807) is 6.07 Å². The summed E-state index contributed by atoms with van der Waals surface area (Å²) in [5.74, 6) is 0.372. The van der Waals surface area contributed by atoms with Crippen LogP contribution >= 0.6 is 0 Å². The lowest BCUT2D eigenvalue weighted by Crippen LogP contribution is -2.27. The summed E-state index contributed by atoms with van der Waals surface area (Å²) in [6.45, 7) is 2.12. The van der Waals surface area contributed by atoms with Gasteiger partial charge in [-0.3, -0.25) is 0 Å². The number of phenols is 1. The minimum atomic E-state index is 0.146. The number of hydrogen-bond acceptors (Lipinski definition) is 2. The highest BCUT2D eigenvalue weighted by Gasteiger charge is 2.22. The fourth-order valence-corrected chi connectivity index (χ4v) is 3.17. The zero-order valence-electron chi connectivity index (χ0n) is 11.8. The summed E-state index contributed by atoms with van der Waals surface area (Å²) in [6, 6.07) is 16.8. The molecule has 2 aromatic rings. The molecule has 0 aliphatic heterocycles. The summed E-state index contributed by atoms with van der Waals surface area (Å²) in [5, 5.41) is 13.6. The van der Waals surface area contributed by atoms with Gasteiger partial charge in [-0.1, -0.05) is 42.5 Å². The number of fused-ring (bicyclic) bond motifs is 1. The third-order valence-corrected chi connectivity index (χ3v) is 4.22. The van der Waals surface area contributed by atoms with Crippen LogP contribution in [-0.2, 0) is 6.42 Å². The van der Waals surface area contributed by atoms with Crippen LogP contribution in [0.15, 0.2) is 48.5 Å². The Balaban J connectivity index is 1.81. The number of benzene rings is 2. The van der Waals surface area contributed by atoms with Crippen LogP contribution in [0.25, 0.3) is 0 Å². The minimum absolute atomic E-state index is 0.146. The van der Waals surface area contributed by atoms with Crippen molar-refractivity contribution in [1.29, 1.82) is 0 Å². The van der Waals surface area contributed by atoms with Gasteiger partial charge in [0.25, 0.3) is 0 Å². The molecule has 2 unspecified atom stereocenters. The standard InChI is InChI=1S/C18H21NO/c1-13(15-9-4-5-12-18(15)20)19-17-11-6-8-14-7-2-3-10-16(14)17/h2-5,7,9-10,12-13,17,19-20H,6,8,11H2,1H3. The molecule has 3 rings (SSSR count). The van der Waals surface area contributed by atoms with Crippen molar-refractivity contribution in [3.8, 4) is 5.75 Å². The molecule has 0 spiro atoms. The van der Waals surface area contributed by atoms with Crippen LogP contribution in [0.2, 0.25) is 0 Å². The van der Waals surface area contributed by atoms with Crippen LogP contribution < -0.4 is 5.32 Å². The van der Waals surface area contributed by atoms with Gasteiger partial charge in [-0.05, 0) is 43.4 Å². The molecule has 0 saturated heterocycles. The smallest absolute Gasteiger partial charge is 0.120 e. The first-order valence-corrected chi connectivity index (χ1v) is 7.37. The molecule has 0 saturated carbocycles. The van der Waals surface area contributed by atoms with Crippen LogP contribution in [0, 0.1) is 0 Å². The van der Waals surface area contributed by atoms with E-state index >= 15 is 0 Å². The van der Waals surface area contributed by atoms with Crippen molar-refractivity contribution in [3.05, 3.63) is 65.2 Å².